The zero-order valence-corrected chi connectivity index (χ0v) is 10.3. The van der Waals surface area contributed by atoms with Crippen molar-refractivity contribution in [3.05, 3.63) is 47.8 Å². The Morgan fingerprint density at radius 2 is 2.00 bits per heavy atom. The molecule has 94 valence electrons. The quantitative estimate of drug-likeness (QED) is 0.772. The second kappa shape index (κ2) is 5.35. The SMILES string of the molecule is COC(=O)c1ccc(OCc2ccn(C)n2)cc1. The molecule has 0 fully saturated rings. The molecule has 0 aliphatic carbocycles. The van der Waals surface area contributed by atoms with Crippen molar-refractivity contribution in [3.8, 4) is 5.75 Å². The maximum Gasteiger partial charge on any atom is 0.337 e. The van der Waals surface area contributed by atoms with Gasteiger partial charge >= 0.3 is 5.97 Å². The van der Waals surface area contributed by atoms with Crippen LogP contribution in [0.1, 0.15) is 16.1 Å². The van der Waals surface area contributed by atoms with Crippen molar-refractivity contribution >= 4 is 5.97 Å². The van der Waals surface area contributed by atoms with E-state index >= 15 is 0 Å². The zero-order valence-electron chi connectivity index (χ0n) is 10.3. The molecule has 0 atom stereocenters. The number of hydrogen-bond acceptors (Lipinski definition) is 4. The molecule has 0 aliphatic rings. The molecule has 0 aliphatic heterocycles. The van der Waals surface area contributed by atoms with Crippen LogP contribution in [0, 0.1) is 0 Å². The molecular formula is C13H14N2O3. The Morgan fingerprint density at radius 3 is 2.56 bits per heavy atom. The van der Waals surface area contributed by atoms with Gasteiger partial charge in [-0.15, -0.1) is 0 Å². The highest BCUT2D eigenvalue weighted by atomic mass is 16.5. The third-order valence-corrected chi connectivity index (χ3v) is 2.43. The van der Waals surface area contributed by atoms with Gasteiger partial charge in [0.15, 0.2) is 0 Å². The molecule has 1 aromatic heterocycles. The van der Waals surface area contributed by atoms with Gasteiger partial charge < -0.3 is 9.47 Å². The average molecular weight is 246 g/mol. The Hall–Kier alpha value is -2.30. The van der Waals surface area contributed by atoms with Gasteiger partial charge in [-0.3, -0.25) is 4.68 Å². The highest BCUT2D eigenvalue weighted by molar-refractivity contribution is 5.89. The monoisotopic (exact) mass is 246 g/mol. The van der Waals surface area contributed by atoms with Crippen LogP contribution >= 0.6 is 0 Å². The second-order valence-corrected chi connectivity index (χ2v) is 3.79. The summed E-state index contributed by atoms with van der Waals surface area (Å²) >= 11 is 0. The molecule has 0 bridgehead atoms. The van der Waals surface area contributed by atoms with Crippen LogP contribution in [0.15, 0.2) is 36.5 Å². The first-order valence-corrected chi connectivity index (χ1v) is 5.49. The maximum absolute atomic E-state index is 11.2. The molecule has 0 unspecified atom stereocenters. The molecular weight excluding hydrogens is 232 g/mol. The van der Waals surface area contributed by atoms with E-state index in [0.29, 0.717) is 17.9 Å². The van der Waals surface area contributed by atoms with E-state index in [4.69, 9.17) is 4.74 Å². The number of esters is 1. The number of carbonyl (C=O) groups excluding carboxylic acids is 1. The molecule has 1 heterocycles. The van der Waals surface area contributed by atoms with Crippen molar-refractivity contribution in [1.82, 2.24) is 9.78 Å². The number of aromatic nitrogens is 2. The topological polar surface area (TPSA) is 53.4 Å². The van der Waals surface area contributed by atoms with E-state index in [2.05, 4.69) is 9.84 Å². The number of nitrogens with zero attached hydrogens (tertiary/aromatic N) is 2. The van der Waals surface area contributed by atoms with Crippen molar-refractivity contribution in [2.24, 2.45) is 7.05 Å². The first kappa shape index (κ1) is 12.2. The summed E-state index contributed by atoms with van der Waals surface area (Å²) in [6.07, 6.45) is 1.86. The molecule has 2 aromatic rings. The van der Waals surface area contributed by atoms with Crippen LogP contribution in [0.2, 0.25) is 0 Å². The van der Waals surface area contributed by atoms with Gasteiger partial charge in [-0.25, -0.2) is 4.79 Å². The lowest BCUT2D eigenvalue weighted by Gasteiger charge is -2.05. The fourth-order valence-corrected chi connectivity index (χ4v) is 1.50. The smallest absolute Gasteiger partial charge is 0.337 e. The first-order chi connectivity index (χ1) is 8.69. The summed E-state index contributed by atoms with van der Waals surface area (Å²) in [5.74, 6) is 0.333. The number of carbonyl (C=O) groups is 1. The molecule has 2 rings (SSSR count). The van der Waals surface area contributed by atoms with E-state index in [0.717, 1.165) is 5.69 Å². The highest BCUT2D eigenvalue weighted by Crippen LogP contribution is 2.14. The van der Waals surface area contributed by atoms with Crippen molar-refractivity contribution in [3.63, 3.8) is 0 Å². The van der Waals surface area contributed by atoms with E-state index in [1.807, 2.05) is 19.3 Å². The molecule has 0 radical (unpaired) electrons. The predicted molar refractivity (Wildman–Crippen MR) is 65.3 cm³/mol. The number of benzene rings is 1. The third kappa shape index (κ3) is 2.88. The molecule has 0 N–H and O–H groups in total. The van der Waals surface area contributed by atoms with Gasteiger partial charge in [0.25, 0.3) is 0 Å². The summed E-state index contributed by atoms with van der Waals surface area (Å²) in [6.45, 7) is 0.401. The minimum atomic E-state index is -0.355. The number of rotatable bonds is 4. The number of methoxy groups -OCH3 is 1. The summed E-state index contributed by atoms with van der Waals surface area (Å²) < 4.78 is 11.9. The fraction of sp³-hybridized carbons (Fsp3) is 0.231. The molecule has 5 heteroatoms. The molecule has 0 amide bonds. The standard InChI is InChI=1S/C13H14N2O3/c1-15-8-7-11(14-15)9-18-12-5-3-10(4-6-12)13(16)17-2/h3-8H,9H2,1-2H3. The maximum atomic E-state index is 11.2. The van der Waals surface area contributed by atoms with E-state index in [-0.39, 0.29) is 5.97 Å². The summed E-state index contributed by atoms with van der Waals surface area (Å²) in [5, 5.41) is 4.20. The summed E-state index contributed by atoms with van der Waals surface area (Å²) in [7, 11) is 3.21. The first-order valence-electron chi connectivity index (χ1n) is 5.49. The van der Waals surface area contributed by atoms with Gasteiger partial charge in [0, 0.05) is 13.2 Å². The second-order valence-electron chi connectivity index (χ2n) is 3.79. The van der Waals surface area contributed by atoms with Gasteiger partial charge in [0.05, 0.1) is 18.4 Å². The Kier molecular flexibility index (Phi) is 3.62. The number of ether oxygens (including phenoxy) is 2. The van der Waals surface area contributed by atoms with Crippen molar-refractivity contribution < 1.29 is 14.3 Å². The van der Waals surface area contributed by atoms with Crippen LogP contribution in [-0.4, -0.2) is 22.9 Å². The number of hydrogen-bond donors (Lipinski definition) is 0. The van der Waals surface area contributed by atoms with Gasteiger partial charge in [-0.2, -0.15) is 5.10 Å². The third-order valence-electron chi connectivity index (χ3n) is 2.43. The van der Waals surface area contributed by atoms with Crippen LogP contribution < -0.4 is 4.74 Å². The van der Waals surface area contributed by atoms with Gasteiger partial charge in [0.1, 0.15) is 12.4 Å². The summed E-state index contributed by atoms with van der Waals surface area (Å²) in [6, 6.07) is 8.69. The fourth-order valence-electron chi connectivity index (χ4n) is 1.50. The molecule has 5 nitrogen and oxygen atoms in total. The van der Waals surface area contributed by atoms with Crippen LogP contribution in [-0.2, 0) is 18.4 Å². The van der Waals surface area contributed by atoms with Gasteiger partial charge in [-0.1, -0.05) is 0 Å². The Bertz CT molecular complexity index is 531. The van der Waals surface area contributed by atoms with Crippen molar-refractivity contribution in [1.29, 1.82) is 0 Å². The van der Waals surface area contributed by atoms with E-state index in [9.17, 15) is 4.79 Å². The lowest BCUT2D eigenvalue weighted by atomic mass is 10.2. The van der Waals surface area contributed by atoms with Crippen molar-refractivity contribution in [2.75, 3.05) is 7.11 Å². The van der Waals surface area contributed by atoms with E-state index in [1.54, 1.807) is 28.9 Å². The number of aryl methyl sites for hydroxylation is 1. The summed E-state index contributed by atoms with van der Waals surface area (Å²) in [5.41, 5.74) is 1.36. The van der Waals surface area contributed by atoms with E-state index < -0.39 is 0 Å². The van der Waals surface area contributed by atoms with Crippen LogP contribution in [0.4, 0.5) is 0 Å². The minimum Gasteiger partial charge on any atom is -0.487 e. The normalized spacial score (nSPS) is 10.1. The molecule has 0 saturated carbocycles. The molecule has 0 spiro atoms. The van der Waals surface area contributed by atoms with Crippen LogP contribution in [0.25, 0.3) is 0 Å². The summed E-state index contributed by atoms with van der Waals surface area (Å²) in [4.78, 5) is 11.2. The molecule has 0 saturated heterocycles. The predicted octanol–water partition coefficient (Wildman–Crippen LogP) is 1.79. The van der Waals surface area contributed by atoms with E-state index in [1.165, 1.54) is 7.11 Å². The van der Waals surface area contributed by atoms with Gasteiger partial charge in [-0.05, 0) is 30.3 Å². The van der Waals surface area contributed by atoms with Crippen molar-refractivity contribution in [2.45, 2.75) is 6.61 Å². The Morgan fingerprint density at radius 1 is 1.28 bits per heavy atom. The average Bonchev–Trinajstić information content (AvgIpc) is 2.82. The lowest BCUT2D eigenvalue weighted by Crippen LogP contribution is -2.01. The lowest BCUT2D eigenvalue weighted by molar-refractivity contribution is 0.0600. The Balaban J connectivity index is 1.96. The minimum absolute atomic E-state index is 0.355. The largest absolute Gasteiger partial charge is 0.487 e. The van der Waals surface area contributed by atoms with Crippen LogP contribution in [0.3, 0.4) is 0 Å². The highest BCUT2D eigenvalue weighted by Gasteiger charge is 2.05. The molecule has 18 heavy (non-hydrogen) atoms. The van der Waals surface area contributed by atoms with Gasteiger partial charge in [0.2, 0.25) is 0 Å². The molecule has 1 aromatic carbocycles. The Labute approximate surface area is 105 Å². The zero-order chi connectivity index (χ0) is 13.0. The van der Waals surface area contributed by atoms with Crippen LogP contribution in [0.5, 0.6) is 5.75 Å².